The third-order valence-electron chi connectivity index (χ3n) is 2.86. The molecule has 0 heterocycles. The number of Topliss-reactive ketones (excluding diaryl/α,β-unsaturated/α-hetero) is 1. The highest BCUT2D eigenvalue weighted by Gasteiger charge is 2.31. The van der Waals surface area contributed by atoms with Crippen LogP contribution in [0.5, 0.6) is 0 Å². The van der Waals surface area contributed by atoms with Gasteiger partial charge in [0.25, 0.3) is 0 Å². The van der Waals surface area contributed by atoms with Crippen LogP contribution >= 0.6 is 0 Å². The first kappa shape index (κ1) is 12.8. The van der Waals surface area contributed by atoms with Crippen molar-refractivity contribution in [3.63, 3.8) is 0 Å². The Morgan fingerprint density at radius 1 is 1.19 bits per heavy atom. The number of ketones is 1. The van der Waals surface area contributed by atoms with E-state index in [1.54, 1.807) is 32.8 Å². The van der Waals surface area contributed by atoms with E-state index in [1.165, 1.54) is 6.07 Å². The van der Waals surface area contributed by atoms with E-state index in [0.717, 1.165) is 12.1 Å². The quantitative estimate of drug-likeness (QED) is 0.739. The van der Waals surface area contributed by atoms with Gasteiger partial charge in [-0.05, 0) is 46.1 Å². The highest BCUT2D eigenvalue weighted by Crippen LogP contribution is 2.19. The zero-order valence-corrected chi connectivity index (χ0v) is 9.84. The number of benzene rings is 1. The van der Waals surface area contributed by atoms with Gasteiger partial charge in [-0.15, -0.1) is 0 Å². The number of likely N-dealkylation sites (N-methyl/N-ethyl adjacent to an activating group) is 1. The van der Waals surface area contributed by atoms with E-state index >= 15 is 0 Å². The summed E-state index contributed by atoms with van der Waals surface area (Å²) in [5.41, 5.74) is -0.567. The number of hydrogen-bond acceptors (Lipinski definition) is 2. The van der Waals surface area contributed by atoms with E-state index in [9.17, 15) is 13.6 Å². The molecule has 0 atom stereocenters. The van der Waals surface area contributed by atoms with Gasteiger partial charge in [0, 0.05) is 5.56 Å². The molecule has 1 aromatic carbocycles. The lowest BCUT2D eigenvalue weighted by Crippen LogP contribution is -2.45. The Bertz CT molecular complexity index is 413. The molecular weight excluding hydrogens is 212 g/mol. The lowest BCUT2D eigenvalue weighted by molar-refractivity contribution is 0.0755. The van der Waals surface area contributed by atoms with Crippen molar-refractivity contribution in [1.82, 2.24) is 4.90 Å². The van der Waals surface area contributed by atoms with Gasteiger partial charge in [-0.3, -0.25) is 9.69 Å². The normalized spacial score (nSPS) is 11.9. The molecule has 0 aliphatic carbocycles. The third kappa shape index (κ3) is 2.27. The van der Waals surface area contributed by atoms with Crippen LogP contribution in [-0.2, 0) is 0 Å². The van der Waals surface area contributed by atoms with Crippen molar-refractivity contribution in [1.29, 1.82) is 0 Å². The predicted molar refractivity (Wildman–Crippen MR) is 58.5 cm³/mol. The summed E-state index contributed by atoms with van der Waals surface area (Å²) in [6, 6.07) is 3.20. The second kappa shape index (κ2) is 4.29. The van der Waals surface area contributed by atoms with E-state index in [1.807, 2.05) is 0 Å². The van der Waals surface area contributed by atoms with Crippen molar-refractivity contribution in [2.75, 3.05) is 14.1 Å². The minimum absolute atomic E-state index is 0.178. The van der Waals surface area contributed by atoms with Crippen LogP contribution < -0.4 is 0 Å². The van der Waals surface area contributed by atoms with Gasteiger partial charge in [0.1, 0.15) is 0 Å². The van der Waals surface area contributed by atoms with Crippen LogP contribution in [0.2, 0.25) is 0 Å². The minimum atomic E-state index is -1.000. The van der Waals surface area contributed by atoms with Crippen LogP contribution in [0.15, 0.2) is 18.2 Å². The van der Waals surface area contributed by atoms with E-state index in [4.69, 9.17) is 0 Å². The molecular formula is C12H15F2NO. The first-order valence-electron chi connectivity index (χ1n) is 4.94. The van der Waals surface area contributed by atoms with Crippen molar-refractivity contribution in [2.24, 2.45) is 0 Å². The maximum Gasteiger partial charge on any atom is 0.182 e. The number of halogens is 2. The van der Waals surface area contributed by atoms with Crippen LogP contribution in [0.25, 0.3) is 0 Å². The molecule has 88 valence electrons. The largest absolute Gasteiger partial charge is 0.297 e. The summed E-state index contributed by atoms with van der Waals surface area (Å²) in [6.45, 7) is 3.47. The minimum Gasteiger partial charge on any atom is -0.297 e. The van der Waals surface area contributed by atoms with Crippen LogP contribution in [0.4, 0.5) is 8.78 Å². The Hall–Kier alpha value is -1.29. The molecule has 0 radical (unpaired) electrons. The summed E-state index contributed by atoms with van der Waals surface area (Å²) in [6.07, 6.45) is 0. The van der Waals surface area contributed by atoms with E-state index < -0.39 is 17.2 Å². The van der Waals surface area contributed by atoms with Crippen molar-refractivity contribution in [3.05, 3.63) is 35.4 Å². The summed E-state index contributed by atoms with van der Waals surface area (Å²) in [4.78, 5) is 13.8. The first-order valence-corrected chi connectivity index (χ1v) is 4.94. The fourth-order valence-corrected chi connectivity index (χ4v) is 1.19. The number of rotatable bonds is 3. The van der Waals surface area contributed by atoms with E-state index in [2.05, 4.69) is 0 Å². The molecule has 16 heavy (non-hydrogen) atoms. The Balaban J connectivity index is 3.11. The topological polar surface area (TPSA) is 20.3 Å². The fourth-order valence-electron chi connectivity index (χ4n) is 1.19. The molecule has 0 aliphatic rings. The molecule has 0 amide bonds. The molecule has 0 spiro atoms. The maximum atomic E-state index is 13.0. The van der Waals surface area contributed by atoms with Gasteiger partial charge in [0.15, 0.2) is 17.4 Å². The molecule has 0 saturated heterocycles. The Labute approximate surface area is 93.9 Å². The van der Waals surface area contributed by atoms with Gasteiger partial charge in [-0.2, -0.15) is 0 Å². The Kier molecular flexibility index (Phi) is 3.43. The zero-order valence-electron chi connectivity index (χ0n) is 9.84. The molecule has 0 aliphatic heterocycles. The van der Waals surface area contributed by atoms with Gasteiger partial charge in [-0.25, -0.2) is 8.78 Å². The first-order chi connectivity index (χ1) is 7.26. The molecule has 1 aromatic rings. The molecule has 0 saturated carbocycles. The van der Waals surface area contributed by atoms with Gasteiger partial charge in [-0.1, -0.05) is 0 Å². The molecule has 1 rings (SSSR count). The molecule has 0 bridgehead atoms. The van der Waals surface area contributed by atoms with Crippen molar-refractivity contribution >= 4 is 5.78 Å². The Morgan fingerprint density at radius 3 is 2.19 bits per heavy atom. The summed E-state index contributed by atoms with van der Waals surface area (Å²) >= 11 is 0. The van der Waals surface area contributed by atoms with Gasteiger partial charge in [0.05, 0.1) is 5.54 Å². The molecule has 0 aromatic heterocycles. The molecule has 0 unspecified atom stereocenters. The van der Waals surface area contributed by atoms with E-state index in [-0.39, 0.29) is 11.3 Å². The molecule has 4 heteroatoms. The van der Waals surface area contributed by atoms with Crippen molar-refractivity contribution < 1.29 is 13.6 Å². The standard InChI is InChI=1S/C12H15F2NO/c1-12(2,15(3)4)11(16)8-5-6-9(13)10(14)7-8/h5-7H,1-4H3. The van der Waals surface area contributed by atoms with Crippen molar-refractivity contribution in [2.45, 2.75) is 19.4 Å². The highest BCUT2D eigenvalue weighted by atomic mass is 19.2. The SMILES string of the molecule is CN(C)C(C)(C)C(=O)c1ccc(F)c(F)c1. The van der Waals surface area contributed by atoms with Gasteiger partial charge < -0.3 is 0 Å². The molecule has 0 N–H and O–H groups in total. The monoisotopic (exact) mass is 227 g/mol. The second-order valence-electron chi connectivity index (χ2n) is 4.41. The third-order valence-corrected chi connectivity index (χ3v) is 2.86. The molecule has 2 nitrogen and oxygen atoms in total. The average molecular weight is 227 g/mol. The summed E-state index contributed by atoms with van der Waals surface area (Å²) in [5, 5.41) is 0. The molecule has 0 fully saturated rings. The number of hydrogen-bond donors (Lipinski definition) is 0. The summed E-state index contributed by atoms with van der Waals surface area (Å²) in [5.74, 6) is -2.18. The van der Waals surface area contributed by atoms with Crippen molar-refractivity contribution in [3.8, 4) is 0 Å². The van der Waals surface area contributed by atoms with Crippen LogP contribution in [-0.4, -0.2) is 30.3 Å². The zero-order chi connectivity index (χ0) is 12.5. The lowest BCUT2D eigenvalue weighted by Gasteiger charge is -2.30. The second-order valence-corrected chi connectivity index (χ2v) is 4.41. The van der Waals surface area contributed by atoms with Crippen LogP contribution in [0, 0.1) is 11.6 Å². The van der Waals surface area contributed by atoms with Crippen LogP contribution in [0.3, 0.4) is 0 Å². The summed E-state index contributed by atoms with van der Waals surface area (Å²) < 4.78 is 25.7. The van der Waals surface area contributed by atoms with Crippen LogP contribution in [0.1, 0.15) is 24.2 Å². The smallest absolute Gasteiger partial charge is 0.182 e. The Morgan fingerprint density at radius 2 is 1.75 bits per heavy atom. The fraction of sp³-hybridized carbons (Fsp3) is 0.417. The lowest BCUT2D eigenvalue weighted by atomic mass is 9.92. The summed E-state index contributed by atoms with van der Waals surface area (Å²) in [7, 11) is 3.52. The number of carbonyl (C=O) groups is 1. The van der Waals surface area contributed by atoms with Gasteiger partial charge in [0.2, 0.25) is 0 Å². The highest BCUT2D eigenvalue weighted by molar-refractivity contribution is 6.02. The maximum absolute atomic E-state index is 13.0. The average Bonchev–Trinajstić information content (AvgIpc) is 2.20. The van der Waals surface area contributed by atoms with E-state index in [0.29, 0.717) is 0 Å². The predicted octanol–water partition coefficient (Wildman–Crippen LogP) is 2.49. The number of carbonyl (C=O) groups excluding carboxylic acids is 1. The number of nitrogens with zero attached hydrogens (tertiary/aromatic N) is 1. The van der Waals surface area contributed by atoms with Gasteiger partial charge >= 0.3 is 0 Å².